The van der Waals surface area contributed by atoms with E-state index in [1.165, 1.54) is 31.2 Å². The van der Waals surface area contributed by atoms with Crippen LogP contribution in [0, 0.1) is 5.92 Å². The number of aliphatic imine (C=N–C) groups is 1. The number of rotatable bonds is 6. The number of nitrogens with one attached hydrogen (secondary N) is 2. The third kappa shape index (κ3) is 5.92. The van der Waals surface area contributed by atoms with Crippen molar-refractivity contribution in [3.05, 3.63) is 29.8 Å². The largest absolute Gasteiger partial charge is 0.497 e. The van der Waals surface area contributed by atoms with Crippen LogP contribution in [0.25, 0.3) is 0 Å². The highest BCUT2D eigenvalue weighted by Gasteiger charge is 2.20. The van der Waals surface area contributed by atoms with E-state index in [0.29, 0.717) is 6.04 Å². The van der Waals surface area contributed by atoms with Crippen molar-refractivity contribution in [2.45, 2.75) is 44.7 Å². The minimum absolute atomic E-state index is 0.274. The molecule has 1 atom stereocenters. The normalized spacial score (nSPS) is 22.6. The van der Waals surface area contributed by atoms with Crippen molar-refractivity contribution in [3.63, 3.8) is 0 Å². The van der Waals surface area contributed by atoms with Crippen LogP contribution in [-0.2, 0) is 0 Å². The van der Waals surface area contributed by atoms with Crippen molar-refractivity contribution in [1.82, 2.24) is 15.5 Å². The molecule has 1 aliphatic carbocycles. The first kappa shape index (κ1) is 19.6. The highest BCUT2D eigenvalue weighted by molar-refractivity contribution is 5.80. The van der Waals surface area contributed by atoms with E-state index in [1.807, 2.05) is 19.2 Å². The molecule has 2 N–H and O–H groups in total. The fourth-order valence-electron chi connectivity index (χ4n) is 3.41. The molecule has 25 heavy (non-hydrogen) atoms. The number of methoxy groups -OCH3 is 1. The minimum Gasteiger partial charge on any atom is -0.497 e. The molecule has 5 heteroatoms. The minimum atomic E-state index is 0.274. The second-order valence-corrected chi connectivity index (χ2v) is 7.31. The molecule has 1 aliphatic rings. The van der Waals surface area contributed by atoms with Gasteiger partial charge in [0.1, 0.15) is 5.75 Å². The van der Waals surface area contributed by atoms with Gasteiger partial charge < -0.3 is 20.3 Å². The van der Waals surface area contributed by atoms with Crippen molar-refractivity contribution in [2.24, 2.45) is 10.9 Å². The second-order valence-electron chi connectivity index (χ2n) is 7.31. The van der Waals surface area contributed by atoms with Gasteiger partial charge in [-0.3, -0.25) is 4.99 Å². The predicted molar refractivity (Wildman–Crippen MR) is 105 cm³/mol. The zero-order valence-electron chi connectivity index (χ0n) is 16.4. The Kier molecular flexibility index (Phi) is 7.56. The van der Waals surface area contributed by atoms with Crippen LogP contribution in [-0.4, -0.2) is 51.7 Å². The number of ether oxygens (including phenoxy) is 1. The maximum absolute atomic E-state index is 5.26. The summed E-state index contributed by atoms with van der Waals surface area (Å²) in [4.78, 5) is 6.64. The molecule has 1 unspecified atom stereocenters. The molecule has 1 fully saturated rings. The molecule has 1 saturated carbocycles. The van der Waals surface area contributed by atoms with Gasteiger partial charge in [0.2, 0.25) is 0 Å². The van der Waals surface area contributed by atoms with E-state index in [2.05, 4.69) is 53.7 Å². The van der Waals surface area contributed by atoms with Crippen LogP contribution >= 0.6 is 0 Å². The number of hydrogen-bond donors (Lipinski definition) is 2. The van der Waals surface area contributed by atoms with Gasteiger partial charge in [0, 0.05) is 19.6 Å². The zero-order valence-corrected chi connectivity index (χ0v) is 16.4. The average Bonchev–Trinajstić information content (AvgIpc) is 2.62. The molecule has 0 aromatic heterocycles. The van der Waals surface area contributed by atoms with Gasteiger partial charge >= 0.3 is 0 Å². The van der Waals surface area contributed by atoms with Crippen molar-refractivity contribution >= 4 is 5.96 Å². The first-order valence-corrected chi connectivity index (χ1v) is 9.31. The van der Waals surface area contributed by atoms with Gasteiger partial charge in [-0.15, -0.1) is 0 Å². The van der Waals surface area contributed by atoms with Gasteiger partial charge in [0.15, 0.2) is 5.96 Å². The van der Waals surface area contributed by atoms with E-state index in [4.69, 9.17) is 4.74 Å². The van der Waals surface area contributed by atoms with Gasteiger partial charge in [0.25, 0.3) is 0 Å². The Hall–Kier alpha value is -1.75. The van der Waals surface area contributed by atoms with Gasteiger partial charge in [-0.05, 0) is 63.4 Å². The Bertz CT molecular complexity index is 533. The first-order valence-electron chi connectivity index (χ1n) is 9.31. The lowest BCUT2D eigenvalue weighted by Crippen LogP contribution is -2.46. The summed E-state index contributed by atoms with van der Waals surface area (Å²) in [6.45, 7) is 3.15. The van der Waals surface area contributed by atoms with Crippen LogP contribution in [0.3, 0.4) is 0 Å². The average molecular weight is 347 g/mol. The molecule has 0 spiro atoms. The van der Waals surface area contributed by atoms with Crippen molar-refractivity contribution < 1.29 is 4.74 Å². The number of hydrogen-bond acceptors (Lipinski definition) is 3. The number of nitrogens with zero attached hydrogens (tertiary/aromatic N) is 2. The Morgan fingerprint density at radius 1 is 1.20 bits per heavy atom. The van der Waals surface area contributed by atoms with Gasteiger partial charge in [-0.25, -0.2) is 0 Å². The van der Waals surface area contributed by atoms with Crippen molar-refractivity contribution in [2.75, 3.05) is 34.8 Å². The highest BCUT2D eigenvalue weighted by atomic mass is 16.5. The van der Waals surface area contributed by atoms with E-state index in [1.54, 1.807) is 7.11 Å². The predicted octanol–water partition coefficient (Wildman–Crippen LogP) is 3.04. The van der Waals surface area contributed by atoms with Crippen LogP contribution in [0.2, 0.25) is 0 Å². The third-order valence-corrected chi connectivity index (χ3v) is 5.17. The summed E-state index contributed by atoms with van der Waals surface area (Å²) in [6, 6.07) is 9.11. The molecule has 0 amide bonds. The van der Waals surface area contributed by atoms with Gasteiger partial charge in [-0.2, -0.15) is 0 Å². The molecule has 0 radical (unpaired) electrons. The van der Waals surface area contributed by atoms with E-state index in [9.17, 15) is 0 Å². The number of guanidine groups is 1. The molecule has 0 heterocycles. The zero-order chi connectivity index (χ0) is 18.2. The summed E-state index contributed by atoms with van der Waals surface area (Å²) in [7, 11) is 7.76. The Morgan fingerprint density at radius 2 is 1.84 bits per heavy atom. The molecular weight excluding hydrogens is 312 g/mol. The fourth-order valence-corrected chi connectivity index (χ4v) is 3.41. The summed E-state index contributed by atoms with van der Waals surface area (Å²) in [5.41, 5.74) is 1.26. The topological polar surface area (TPSA) is 48.9 Å². The summed E-state index contributed by atoms with van der Waals surface area (Å²) in [6.07, 6.45) is 5.08. The van der Waals surface area contributed by atoms with Crippen LogP contribution in [0.5, 0.6) is 5.75 Å². The number of benzene rings is 1. The molecule has 0 bridgehead atoms. The van der Waals surface area contributed by atoms with E-state index < -0.39 is 0 Å². The molecule has 1 aromatic rings. The summed E-state index contributed by atoms with van der Waals surface area (Å²) >= 11 is 0. The highest BCUT2D eigenvalue weighted by Crippen LogP contribution is 2.23. The Balaban J connectivity index is 1.92. The van der Waals surface area contributed by atoms with Gasteiger partial charge in [-0.1, -0.05) is 19.1 Å². The molecule has 0 aliphatic heterocycles. The molecule has 0 saturated heterocycles. The van der Waals surface area contributed by atoms with E-state index >= 15 is 0 Å². The fraction of sp³-hybridized carbons (Fsp3) is 0.650. The summed E-state index contributed by atoms with van der Waals surface area (Å²) < 4.78 is 5.26. The first-order chi connectivity index (χ1) is 12.0. The lowest BCUT2D eigenvalue weighted by atomic mass is 9.87. The summed E-state index contributed by atoms with van der Waals surface area (Å²) in [5, 5.41) is 7.09. The Morgan fingerprint density at radius 3 is 2.36 bits per heavy atom. The molecule has 140 valence electrons. The summed E-state index contributed by atoms with van der Waals surface area (Å²) in [5.74, 6) is 2.65. The van der Waals surface area contributed by atoms with E-state index in [0.717, 1.165) is 24.2 Å². The quantitative estimate of drug-likeness (QED) is 0.614. The van der Waals surface area contributed by atoms with Crippen LogP contribution < -0.4 is 15.4 Å². The lowest BCUT2D eigenvalue weighted by molar-refractivity contribution is 0.295. The Labute approximate surface area is 152 Å². The monoisotopic (exact) mass is 346 g/mol. The maximum Gasteiger partial charge on any atom is 0.191 e. The van der Waals surface area contributed by atoms with Crippen LogP contribution in [0.1, 0.15) is 44.2 Å². The molecule has 5 nitrogen and oxygen atoms in total. The second kappa shape index (κ2) is 9.66. The molecular formula is C20H34N4O. The van der Waals surface area contributed by atoms with Crippen molar-refractivity contribution in [1.29, 1.82) is 0 Å². The van der Waals surface area contributed by atoms with Crippen LogP contribution in [0.4, 0.5) is 0 Å². The van der Waals surface area contributed by atoms with Crippen molar-refractivity contribution in [3.8, 4) is 5.75 Å². The van der Waals surface area contributed by atoms with Gasteiger partial charge in [0.05, 0.1) is 13.2 Å². The number of likely N-dealkylation sites (N-methyl/N-ethyl adjacent to an activating group) is 1. The third-order valence-electron chi connectivity index (χ3n) is 5.17. The maximum atomic E-state index is 5.26. The lowest BCUT2D eigenvalue weighted by Gasteiger charge is -2.30. The smallest absolute Gasteiger partial charge is 0.191 e. The van der Waals surface area contributed by atoms with E-state index in [-0.39, 0.29) is 6.04 Å². The molecule has 1 aromatic carbocycles. The standard InChI is InChI=1S/C20H34N4O/c1-15-6-10-17(11-7-15)23-20(21-2)22-14-19(24(3)4)16-8-12-18(25-5)13-9-16/h8-9,12-13,15,17,19H,6-7,10-11,14H2,1-5H3,(H2,21,22,23). The SMILES string of the molecule is CN=C(NCC(c1ccc(OC)cc1)N(C)C)NC1CCC(C)CC1. The van der Waals surface area contributed by atoms with Crippen LogP contribution in [0.15, 0.2) is 29.3 Å². The molecule has 2 rings (SSSR count).